The Kier molecular flexibility index (Phi) is 3.20. The van der Waals surface area contributed by atoms with Crippen molar-refractivity contribution in [2.24, 2.45) is 0 Å². The Balaban J connectivity index is 1.74. The van der Waals surface area contributed by atoms with Gasteiger partial charge in [-0.15, -0.1) is 0 Å². The molecule has 0 amide bonds. The van der Waals surface area contributed by atoms with Crippen molar-refractivity contribution in [1.29, 1.82) is 0 Å². The predicted molar refractivity (Wildman–Crippen MR) is 90.7 cm³/mol. The lowest BCUT2D eigenvalue weighted by atomic mass is 9.99. The molecule has 0 bridgehead atoms. The van der Waals surface area contributed by atoms with Crippen molar-refractivity contribution >= 4 is 22.9 Å². The molecule has 0 N–H and O–H groups in total. The fraction of sp³-hybridized carbons (Fsp3) is 0.0500. The van der Waals surface area contributed by atoms with Crippen LogP contribution in [-0.4, -0.2) is 11.6 Å². The highest BCUT2D eigenvalue weighted by Gasteiger charge is 2.12. The van der Waals surface area contributed by atoms with Crippen LogP contribution >= 0.6 is 0 Å². The van der Waals surface area contributed by atoms with Crippen molar-refractivity contribution in [3.8, 4) is 5.75 Å². The molecule has 0 unspecified atom stereocenters. The maximum Gasteiger partial charge on any atom is 0.127 e. The van der Waals surface area contributed by atoms with Gasteiger partial charge in [0.1, 0.15) is 12.4 Å². The Morgan fingerprint density at radius 3 is 2.68 bits per heavy atom. The van der Waals surface area contributed by atoms with Gasteiger partial charge >= 0.3 is 0 Å². The van der Waals surface area contributed by atoms with Crippen LogP contribution in [0.2, 0.25) is 0 Å². The average Bonchev–Trinajstić information content (AvgIpc) is 2.60. The number of hydrogen-bond donors (Lipinski definition) is 0. The van der Waals surface area contributed by atoms with Gasteiger partial charge in [-0.2, -0.15) is 0 Å². The Morgan fingerprint density at radius 2 is 1.77 bits per heavy atom. The van der Waals surface area contributed by atoms with Crippen molar-refractivity contribution in [1.82, 2.24) is 4.98 Å². The van der Waals surface area contributed by atoms with E-state index in [1.165, 1.54) is 21.9 Å². The van der Waals surface area contributed by atoms with Crippen LogP contribution < -0.4 is 4.74 Å². The minimum atomic E-state index is 0.604. The summed E-state index contributed by atoms with van der Waals surface area (Å²) in [4.78, 5) is 4.03. The van der Waals surface area contributed by atoms with E-state index in [2.05, 4.69) is 59.6 Å². The van der Waals surface area contributed by atoms with Crippen molar-refractivity contribution in [2.75, 3.05) is 6.61 Å². The third-order valence-electron chi connectivity index (χ3n) is 3.85. The molecule has 1 aliphatic rings. The first-order chi connectivity index (χ1) is 10.9. The summed E-state index contributed by atoms with van der Waals surface area (Å²) in [6, 6.07) is 16.5. The second kappa shape index (κ2) is 5.49. The van der Waals surface area contributed by atoms with Crippen LogP contribution in [0, 0.1) is 0 Å². The number of pyridine rings is 1. The number of hydrogen-bond acceptors (Lipinski definition) is 2. The zero-order valence-corrected chi connectivity index (χ0v) is 12.1. The molecule has 2 heterocycles. The summed E-state index contributed by atoms with van der Waals surface area (Å²) in [5.41, 5.74) is 3.47. The third-order valence-corrected chi connectivity index (χ3v) is 3.85. The maximum atomic E-state index is 5.90. The molecule has 0 aliphatic carbocycles. The quantitative estimate of drug-likeness (QED) is 0.679. The first-order valence-electron chi connectivity index (χ1n) is 7.33. The van der Waals surface area contributed by atoms with Gasteiger partial charge in [-0.05, 0) is 46.2 Å². The highest BCUT2D eigenvalue weighted by molar-refractivity contribution is 5.94. The van der Waals surface area contributed by atoms with Crippen LogP contribution in [0.25, 0.3) is 22.9 Å². The molecule has 0 spiro atoms. The number of ether oxygens (including phenoxy) is 1. The largest absolute Gasteiger partial charge is 0.488 e. The van der Waals surface area contributed by atoms with Crippen LogP contribution in [0.15, 0.2) is 72.6 Å². The van der Waals surface area contributed by atoms with E-state index >= 15 is 0 Å². The molecule has 0 saturated heterocycles. The lowest BCUT2D eigenvalue weighted by Crippen LogP contribution is -2.06. The van der Waals surface area contributed by atoms with Crippen molar-refractivity contribution in [2.45, 2.75) is 0 Å². The second-order valence-corrected chi connectivity index (χ2v) is 5.32. The fourth-order valence-corrected chi connectivity index (χ4v) is 2.71. The number of aromatic nitrogens is 1. The van der Waals surface area contributed by atoms with Gasteiger partial charge < -0.3 is 4.74 Å². The molecular formula is C20H15NO. The maximum absolute atomic E-state index is 5.90. The van der Waals surface area contributed by atoms with Gasteiger partial charge in [-0.25, -0.2) is 0 Å². The molecule has 2 heteroatoms. The van der Waals surface area contributed by atoms with Crippen molar-refractivity contribution in [3.05, 3.63) is 83.7 Å². The van der Waals surface area contributed by atoms with Gasteiger partial charge in [0.15, 0.2) is 0 Å². The SMILES string of the molecule is C1=C(/C=C/c2ccncc2)COc2ccc3ccccc3c21. The number of rotatable bonds is 2. The van der Waals surface area contributed by atoms with Crippen LogP contribution in [0.5, 0.6) is 5.75 Å². The smallest absolute Gasteiger partial charge is 0.127 e. The summed E-state index contributed by atoms with van der Waals surface area (Å²) >= 11 is 0. The average molecular weight is 285 g/mol. The van der Waals surface area contributed by atoms with Crippen LogP contribution in [-0.2, 0) is 0 Å². The Morgan fingerprint density at radius 1 is 0.909 bits per heavy atom. The molecule has 4 rings (SSSR count). The molecular weight excluding hydrogens is 270 g/mol. The van der Waals surface area contributed by atoms with E-state index in [1.54, 1.807) is 12.4 Å². The van der Waals surface area contributed by atoms with Gasteiger partial charge in [-0.3, -0.25) is 4.98 Å². The number of fused-ring (bicyclic) bond motifs is 3. The van der Waals surface area contributed by atoms with Gasteiger partial charge in [0.2, 0.25) is 0 Å². The predicted octanol–water partition coefficient (Wildman–Crippen LogP) is 4.72. The van der Waals surface area contributed by atoms with Gasteiger partial charge in [0.25, 0.3) is 0 Å². The van der Waals surface area contributed by atoms with Crippen molar-refractivity contribution in [3.63, 3.8) is 0 Å². The zero-order valence-electron chi connectivity index (χ0n) is 12.1. The first-order valence-corrected chi connectivity index (χ1v) is 7.33. The Bertz CT molecular complexity index is 879. The Labute approximate surface area is 129 Å². The minimum absolute atomic E-state index is 0.604. The third kappa shape index (κ3) is 2.40. The number of nitrogens with zero attached hydrogens (tertiary/aromatic N) is 1. The molecule has 0 radical (unpaired) electrons. The highest BCUT2D eigenvalue weighted by Crippen LogP contribution is 2.33. The number of benzene rings is 2. The summed E-state index contributed by atoms with van der Waals surface area (Å²) in [6.45, 7) is 0.604. The molecule has 106 valence electrons. The molecule has 2 aromatic carbocycles. The molecule has 0 fully saturated rings. The second-order valence-electron chi connectivity index (χ2n) is 5.32. The van der Waals surface area contributed by atoms with E-state index in [4.69, 9.17) is 4.74 Å². The summed E-state index contributed by atoms with van der Waals surface area (Å²) in [7, 11) is 0. The lowest BCUT2D eigenvalue weighted by molar-refractivity contribution is 0.352. The van der Waals surface area contributed by atoms with E-state index in [0.29, 0.717) is 6.61 Å². The molecule has 1 aromatic heterocycles. The summed E-state index contributed by atoms with van der Waals surface area (Å²) < 4.78 is 5.90. The van der Waals surface area contributed by atoms with Gasteiger partial charge in [0, 0.05) is 18.0 Å². The molecule has 0 atom stereocenters. The van der Waals surface area contributed by atoms with Crippen LogP contribution in [0.4, 0.5) is 0 Å². The van der Waals surface area contributed by atoms with E-state index in [1.807, 2.05) is 12.1 Å². The van der Waals surface area contributed by atoms with E-state index in [0.717, 1.165) is 11.3 Å². The standard InChI is InChI=1S/C20H15NO/c1-2-4-18-17(3-1)7-8-20-19(18)13-16(14-22-20)6-5-15-9-11-21-12-10-15/h1-13H,14H2/b6-5+. The first kappa shape index (κ1) is 12.8. The Hall–Kier alpha value is -2.87. The normalized spacial score (nSPS) is 13.7. The molecule has 1 aliphatic heterocycles. The van der Waals surface area contributed by atoms with Crippen LogP contribution in [0.3, 0.4) is 0 Å². The molecule has 3 aromatic rings. The van der Waals surface area contributed by atoms with E-state index in [-0.39, 0.29) is 0 Å². The highest BCUT2D eigenvalue weighted by atomic mass is 16.5. The van der Waals surface area contributed by atoms with Crippen molar-refractivity contribution < 1.29 is 4.74 Å². The fourth-order valence-electron chi connectivity index (χ4n) is 2.71. The summed E-state index contributed by atoms with van der Waals surface area (Å²) in [5.74, 6) is 0.958. The van der Waals surface area contributed by atoms with Crippen LogP contribution in [0.1, 0.15) is 11.1 Å². The molecule has 22 heavy (non-hydrogen) atoms. The molecule has 2 nitrogen and oxygen atoms in total. The van der Waals surface area contributed by atoms with E-state index in [9.17, 15) is 0 Å². The van der Waals surface area contributed by atoms with Gasteiger partial charge in [0.05, 0.1) is 0 Å². The monoisotopic (exact) mass is 285 g/mol. The lowest BCUT2D eigenvalue weighted by Gasteiger charge is -2.18. The minimum Gasteiger partial charge on any atom is -0.488 e. The summed E-state index contributed by atoms with van der Waals surface area (Å²) in [5, 5.41) is 2.47. The molecule has 0 saturated carbocycles. The summed E-state index contributed by atoms with van der Waals surface area (Å²) in [6.07, 6.45) is 10.0. The van der Waals surface area contributed by atoms with E-state index < -0.39 is 0 Å². The van der Waals surface area contributed by atoms with Gasteiger partial charge in [-0.1, -0.05) is 42.5 Å². The zero-order chi connectivity index (χ0) is 14.8. The topological polar surface area (TPSA) is 22.1 Å².